The van der Waals surface area contributed by atoms with Crippen molar-refractivity contribution in [1.29, 1.82) is 0 Å². The molecular formula is C21H37N3O. The molecule has 4 rings (SSSR count). The van der Waals surface area contributed by atoms with Crippen LogP contribution in [0.15, 0.2) is 0 Å². The van der Waals surface area contributed by atoms with Crippen molar-refractivity contribution in [2.45, 2.75) is 95.8 Å². The molecule has 1 amide bonds. The average molecular weight is 348 g/mol. The highest BCUT2D eigenvalue weighted by molar-refractivity contribution is 5.82. The van der Waals surface area contributed by atoms with Crippen molar-refractivity contribution in [3.63, 3.8) is 0 Å². The molecule has 4 nitrogen and oxygen atoms in total. The minimum absolute atomic E-state index is 0.0421. The minimum Gasteiger partial charge on any atom is -0.350 e. The summed E-state index contributed by atoms with van der Waals surface area (Å²) in [6.45, 7) is 5.78. The third-order valence-electron chi connectivity index (χ3n) is 7.59. The van der Waals surface area contributed by atoms with Crippen molar-refractivity contribution in [3.05, 3.63) is 0 Å². The zero-order chi connectivity index (χ0) is 17.4. The monoisotopic (exact) mass is 347 g/mol. The van der Waals surface area contributed by atoms with E-state index in [1.807, 2.05) is 0 Å². The molecule has 0 radical (unpaired) electrons. The van der Waals surface area contributed by atoms with Crippen LogP contribution in [0.5, 0.6) is 0 Å². The molecule has 0 aromatic heterocycles. The Balaban J connectivity index is 1.40. The van der Waals surface area contributed by atoms with Gasteiger partial charge >= 0.3 is 0 Å². The third kappa shape index (κ3) is 3.75. The van der Waals surface area contributed by atoms with Gasteiger partial charge in [0.2, 0.25) is 5.91 Å². The van der Waals surface area contributed by atoms with Crippen molar-refractivity contribution >= 4 is 5.91 Å². The van der Waals surface area contributed by atoms with E-state index in [1.54, 1.807) is 0 Å². The number of hydrogen-bond acceptors (Lipinski definition) is 3. The zero-order valence-corrected chi connectivity index (χ0v) is 16.1. The van der Waals surface area contributed by atoms with E-state index in [9.17, 15) is 4.79 Å². The number of rotatable bonds is 5. The van der Waals surface area contributed by atoms with Gasteiger partial charge in [0.25, 0.3) is 0 Å². The zero-order valence-electron chi connectivity index (χ0n) is 16.1. The molecule has 0 spiro atoms. The quantitative estimate of drug-likeness (QED) is 0.717. The normalized spacial score (nSPS) is 42.6. The van der Waals surface area contributed by atoms with Crippen molar-refractivity contribution in [3.8, 4) is 0 Å². The van der Waals surface area contributed by atoms with Crippen molar-refractivity contribution in [2.24, 2.45) is 23.7 Å². The summed E-state index contributed by atoms with van der Waals surface area (Å²) >= 11 is 0. The average Bonchev–Trinajstić information content (AvgIpc) is 3.37. The maximum absolute atomic E-state index is 13.1. The Hall–Kier alpha value is -0.610. The van der Waals surface area contributed by atoms with Gasteiger partial charge in [0.1, 0.15) is 0 Å². The number of piperidine rings is 1. The second kappa shape index (κ2) is 7.56. The predicted molar refractivity (Wildman–Crippen MR) is 101 cm³/mol. The Kier molecular flexibility index (Phi) is 5.38. The van der Waals surface area contributed by atoms with Crippen LogP contribution in [0.25, 0.3) is 0 Å². The second-order valence-corrected chi connectivity index (χ2v) is 9.31. The summed E-state index contributed by atoms with van der Waals surface area (Å²) in [6, 6.07) is 1.44. The molecule has 2 heterocycles. The number of amides is 1. The Morgan fingerprint density at radius 2 is 2.00 bits per heavy atom. The van der Waals surface area contributed by atoms with Gasteiger partial charge in [0, 0.05) is 18.1 Å². The van der Waals surface area contributed by atoms with Crippen LogP contribution in [0.3, 0.4) is 0 Å². The molecule has 142 valence electrons. The Labute approximate surface area is 153 Å². The first-order valence-corrected chi connectivity index (χ1v) is 11.0. The maximum Gasteiger partial charge on any atom is 0.237 e. The van der Waals surface area contributed by atoms with E-state index in [1.165, 1.54) is 51.4 Å². The van der Waals surface area contributed by atoms with Crippen LogP contribution < -0.4 is 16.0 Å². The van der Waals surface area contributed by atoms with Gasteiger partial charge in [0.05, 0.1) is 6.04 Å². The fourth-order valence-corrected chi connectivity index (χ4v) is 5.95. The lowest BCUT2D eigenvalue weighted by atomic mass is 9.78. The van der Waals surface area contributed by atoms with E-state index < -0.39 is 0 Å². The summed E-state index contributed by atoms with van der Waals surface area (Å²) < 4.78 is 0. The van der Waals surface area contributed by atoms with E-state index in [4.69, 9.17) is 0 Å². The first kappa shape index (κ1) is 17.8. The molecular weight excluding hydrogens is 310 g/mol. The second-order valence-electron chi connectivity index (χ2n) is 9.31. The number of hydrogen-bond donors (Lipinski definition) is 3. The van der Waals surface area contributed by atoms with Crippen LogP contribution in [0, 0.1) is 23.7 Å². The van der Waals surface area contributed by atoms with E-state index in [0.29, 0.717) is 24.0 Å². The highest BCUT2D eigenvalue weighted by Gasteiger charge is 2.45. The molecule has 0 aromatic rings. The molecule has 2 aliphatic carbocycles. The molecule has 25 heavy (non-hydrogen) atoms. The number of nitrogens with one attached hydrogen (secondary N) is 3. The fourth-order valence-electron chi connectivity index (χ4n) is 5.95. The maximum atomic E-state index is 13.1. The highest BCUT2D eigenvalue weighted by atomic mass is 16.2. The van der Waals surface area contributed by atoms with Gasteiger partial charge in [-0.3, -0.25) is 4.79 Å². The lowest BCUT2D eigenvalue weighted by molar-refractivity contribution is -0.124. The summed E-state index contributed by atoms with van der Waals surface area (Å²) in [4.78, 5) is 13.1. The van der Waals surface area contributed by atoms with Crippen LogP contribution in [0.4, 0.5) is 0 Å². The van der Waals surface area contributed by atoms with E-state index in [0.717, 1.165) is 30.7 Å². The highest BCUT2D eigenvalue weighted by Crippen LogP contribution is 2.39. The SMILES string of the molecule is CCC1CCCNC1C(NC(=O)C1CC2CCCC(C)C2N1)C1CC1. The molecule has 0 bridgehead atoms. The predicted octanol–water partition coefficient (Wildman–Crippen LogP) is 2.83. The lowest BCUT2D eigenvalue weighted by Crippen LogP contribution is -2.59. The lowest BCUT2D eigenvalue weighted by Gasteiger charge is -2.38. The summed E-state index contributed by atoms with van der Waals surface area (Å²) in [6.07, 6.45) is 11.4. The molecule has 7 unspecified atom stereocenters. The summed E-state index contributed by atoms with van der Waals surface area (Å²) in [5.41, 5.74) is 0. The van der Waals surface area contributed by atoms with Gasteiger partial charge in [-0.15, -0.1) is 0 Å². The Morgan fingerprint density at radius 1 is 1.16 bits per heavy atom. The Morgan fingerprint density at radius 3 is 2.72 bits per heavy atom. The standard InChI is InChI=1S/C21H37N3O/c1-3-14-8-5-11-22-19(14)20(15-9-10-15)24-21(25)17-12-16-7-4-6-13(2)18(16)23-17/h13-20,22-23H,3-12H2,1-2H3,(H,24,25). The van der Waals surface area contributed by atoms with Crippen molar-refractivity contribution < 1.29 is 4.79 Å². The van der Waals surface area contributed by atoms with Crippen LogP contribution in [-0.4, -0.2) is 36.6 Å². The first-order chi connectivity index (χ1) is 12.2. The third-order valence-corrected chi connectivity index (χ3v) is 7.59. The van der Waals surface area contributed by atoms with E-state index in [-0.39, 0.29) is 11.9 Å². The minimum atomic E-state index is 0.0421. The van der Waals surface area contributed by atoms with E-state index in [2.05, 4.69) is 29.8 Å². The fraction of sp³-hybridized carbons (Fsp3) is 0.952. The molecule has 4 fully saturated rings. The van der Waals surface area contributed by atoms with Crippen molar-refractivity contribution in [1.82, 2.24) is 16.0 Å². The smallest absolute Gasteiger partial charge is 0.237 e. The van der Waals surface area contributed by atoms with Gasteiger partial charge in [-0.1, -0.05) is 26.7 Å². The van der Waals surface area contributed by atoms with Crippen LogP contribution >= 0.6 is 0 Å². The largest absolute Gasteiger partial charge is 0.350 e. The van der Waals surface area contributed by atoms with Crippen LogP contribution in [0.2, 0.25) is 0 Å². The van der Waals surface area contributed by atoms with Crippen molar-refractivity contribution in [2.75, 3.05) is 6.54 Å². The molecule has 2 saturated carbocycles. The van der Waals surface area contributed by atoms with Crippen LogP contribution in [-0.2, 0) is 4.79 Å². The molecule has 2 aliphatic heterocycles. The number of carbonyl (C=O) groups excluding carboxylic acids is 1. The molecule has 2 saturated heterocycles. The topological polar surface area (TPSA) is 53.2 Å². The summed E-state index contributed by atoms with van der Waals surface area (Å²) in [5.74, 6) is 3.14. The molecule has 4 heteroatoms. The number of fused-ring (bicyclic) bond motifs is 1. The molecule has 7 atom stereocenters. The molecule has 0 aromatic carbocycles. The van der Waals surface area contributed by atoms with Crippen LogP contribution in [0.1, 0.15) is 71.6 Å². The van der Waals surface area contributed by atoms with Gasteiger partial charge in [-0.05, 0) is 75.2 Å². The first-order valence-electron chi connectivity index (χ1n) is 11.0. The summed E-state index contributed by atoms with van der Waals surface area (Å²) in [7, 11) is 0. The summed E-state index contributed by atoms with van der Waals surface area (Å²) in [5, 5.41) is 11.0. The van der Waals surface area contributed by atoms with Gasteiger partial charge in [-0.25, -0.2) is 0 Å². The van der Waals surface area contributed by atoms with Gasteiger partial charge in [-0.2, -0.15) is 0 Å². The molecule has 3 N–H and O–H groups in total. The van der Waals surface area contributed by atoms with Gasteiger partial charge < -0.3 is 16.0 Å². The van der Waals surface area contributed by atoms with E-state index >= 15 is 0 Å². The number of carbonyl (C=O) groups is 1. The van der Waals surface area contributed by atoms with Gasteiger partial charge in [0.15, 0.2) is 0 Å². The molecule has 4 aliphatic rings. The Bertz CT molecular complexity index is 478.